The molecule has 0 amide bonds. The molecule has 0 aromatic carbocycles. The molecule has 5 rings (SSSR count). The summed E-state index contributed by atoms with van der Waals surface area (Å²) in [5, 5.41) is 3.80. The van der Waals surface area contributed by atoms with Gasteiger partial charge in [-0.15, -0.1) is 0 Å². The third-order valence-corrected chi connectivity index (χ3v) is 6.27. The average Bonchev–Trinajstić information content (AvgIpc) is 3.43. The van der Waals surface area contributed by atoms with Crippen LogP contribution in [0, 0.1) is 0 Å². The van der Waals surface area contributed by atoms with Crippen molar-refractivity contribution in [3.8, 4) is 11.4 Å². The number of likely N-dealkylation sites (tertiary alicyclic amines) is 1. The van der Waals surface area contributed by atoms with Crippen LogP contribution in [0.15, 0.2) is 24.5 Å². The first-order valence-electron chi connectivity index (χ1n) is 10.2. The van der Waals surface area contributed by atoms with Crippen molar-refractivity contribution < 1.29 is 0 Å². The van der Waals surface area contributed by atoms with E-state index < -0.39 is 0 Å². The monoisotopic (exact) mass is 349 g/mol. The Morgan fingerprint density at radius 3 is 2.65 bits per heavy atom. The average molecular weight is 349 g/mol. The summed E-state index contributed by atoms with van der Waals surface area (Å²) in [6, 6.07) is 5.33. The van der Waals surface area contributed by atoms with Crippen LogP contribution in [0.1, 0.15) is 49.8 Å². The second-order valence-corrected chi connectivity index (χ2v) is 7.97. The molecule has 1 unspecified atom stereocenters. The van der Waals surface area contributed by atoms with Gasteiger partial charge in [-0.25, -0.2) is 9.97 Å². The van der Waals surface area contributed by atoms with Gasteiger partial charge in [0.2, 0.25) is 0 Å². The lowest BCUT2D eigenvalue weighted by atomic mass is 10.2. The second kappa shape index (κ2) is 6.95. The maximum Gasteiger partial charge on any atom is 0.161 e. The SMILES string of the molecule is c1cc(-c2nc3c(c(NC4CCN(C5CCCC5)C4)n2)CCC3)ccn1. The number of fused-ring (bicyclic) bond motifs is 1. The quantitative estimate of drug-likeness (QED) is 0.916. The molecule has 0 bridgehead atoms. The number of aryl methyl sites for hydroxylation is 1. The first kappa shape index (κ1) is 16.2. The predicted molar refractivity (Wildman–Crippen MR) is 103 cm³/mol. The van der Waals surface area contributed by atoms with E-state index in [9.17, 15) is 0 Å². The minimum atomic E-state index is 0.514. The van der Waals surface area contributed by atoms with Crippen LogP contribution in [0.5, 0.6) is 0 Å². The van der Waals surface area contributed by atoms with E-state index in [4.69, 9.17) is 9.97 Å². The van der Waals surface area contributed by atoms with Crippen LogP contribution in [0.25, 0.3) is 11.4 Å². The van der Waals surface area contributed by atoms with Gasteiger partial charge in [-0.05, 0) is 50.7 Å². The fourth-order valence-electron chi connectivity index (χ4n) is 4.88. The summed E-state index contributed by atoms with van der Waals surface area (Å²) < 4.78 is 0. The van der Waals surface area contributed by atoms with Gasteiger partial charge < -0.3 is 5.32 Å². The second-order valence-electron chi connectivity index (χ2n) is 7.97. The molecule has 1 aliphatic heterocycles. The van der Waals surface area contributed by atoms with E-state index in [-0.39, 0.29) is 0 Å². The van der Waals surface area contributed by atoms with Crippen LogP contribution in [0.3, 0.4) is 0 Å². The summed E-state index contributed by atoms with van der Waals surface area (Å²) in [6.07, 6.45) is 13.8. The van der Waals surface area contributed by atoms with Crippen molar-refractivity contribution >= 4 is 5.82 Å². The molecule has 3 heterocycles. The Morgan fingerprint density at radius 1 is 0.962 bits per heavy atom. The molecule has 1 saturated carbocycles. The summed E-state index contributed by atoms with van der Waals surface area (Å²) in [5.41, 5.74) is 3.64. The molecule has 136 valence electrons. The number of hydrogen-bond acceptors (Lipinski definition) is 5. The molecule has 2 aliphatic carbocycles. The summed E-state index contributed by atoms with van der Waals surface area (Å²) >= 11 is 0. The summed E-state index contributed by atoms with van der Waals surface area (Å²) in [4.78, 5) is 16.6. The van der Waals surface area contributed by atoms with Crippen molar-refractivity contribution in [3.05, 3.63) is 35.8 Å². The zero-order valence-corrected chi connectivity index (χ0v) is 15.3. The maximum atomic E-state index is 4.93. The minimum absolute atomic E-state index is 0.514. The lowest BCUT2D eigenvalue weighted by Gasteiger charge is -2.24. The predicted octanol–water partition coefficient (Wildman–Crippen LogP) is 3.46. The van der Waals surface area contributed by atoms with E-state index in [1.165, 1.54) is 56.3 Å². The van der Waals surface area contributed by atoms with Crippen molar-refractivity contribution in [1.82, 2.24) is 19.9 Å². The molecule has 2 fully saturated rings. The molecule has 2 aromatic rings. The van der Waals surface area contributed by atoms with Gasteiger partial charge in [-0.3, -0.25) is 9.88 Å². The Balaban J connectivity index is 1.38. The highest BCUT2D eigenvalue weighted by Crippen LogP contribution is 2.31. The molecule has 1 atom stereocenters. The Bertz CT molecular complexity index is 769. The number of pyridine rings is 1. The fraction of sp³-hybridized carbons (Fsp3) is 0.571. The highest BCUT2D eigenvalue weighted by molar-refractivity contribution is 5.60. The molecule has 1 saturated heterocycles. The van der Waals surface area contributed by atoms with Crippen molar-refractivity contribution in [1.29, 1.82) is 0 Å². The fourth-order valence-corrected chi connectivity index (χ4v) is 4.88. The minimum Gasteiger partial charge on any atom is -0.366 e. The molecular formula is C21H27N5. The summed E-state index contributed by atoms with van der Waals surface area (Å²) in [5.74, 6) is 1.92. The van der Waals surface area contributed by atoms with Gasteiger partial charge in [0.15, 0.2) is 5.82 Å². The number of anilines is 1. The molecule has 1 N–H and O–H groups in total. The number of nitrogens with one attached hydrogen (secondary N) is 1. The van der Waals surface area contributed by atoms with Crippen molar-refractivity contribution in [2.45, 2.75) is 63.5 Å². The molecule has 5 heteroatoms. The van der Waals surface area contributed by atoms with Crippen molar-refractivity contribution in [3.63, 3.8) is 0 Å². The van der Waals surface area contributed by atoms with Gasteiger partial charge in [0.25, 0.3) is 0 Å². The van der Waals surface area contributed by atoms with E-state index >= 15 is 0 Å². The summed E-state index contributed by atoms with van der Waals surface area (Å²) in [7, 11) is 0. The van der Waals surface area contributed by atoms with Crippen LogP contribution < -0.4 is 5.32 Å². The van der Waals surface area contributed by atoms with E-state index in [1.54, 1.807) is 0 Å². The van der Waals surface area contributed by atoms with Gasteiger partial charge >= 0.3 is 0 Å². The van der Waals surface area contributed by atoms with Crippen LogP contribution in [0.2, 0.25) is 0 Å². The van der Waals surface area contributed by atoms with Crippen LogP contribution >= 0.6 is 0 Å². The van der Waals surface area contributed by atoms with Gasteiger partial charge in [0.1, 0.15) is 5.82 Å². The Hall–Kier alpha value is -2.01. The largest absolute Gasteiger partial charge is 0.366 e. The lowest BCUT2D eigenvalue weighted by molar-refractivity contribution is 0.245. The van der Waals surface area contributed by atoms with Crippen LogP contribution in [-0.2, 0) is 12.8 Å². The number of nitrogens with zero attached hydrogens (tertiary/aromatic N) is 4. The maximum absolute atomic E-state index is 4.93. The Kier molecular flexibility index (Phi) is 4.33. The van der Waals surface area contributed by atoms with Crippen LogP contribution in [0.4, 0.5) is 5.82 Å². The lowest BCUT2D eigenvalue weighted by Crippen LogP contribution is -2.33. The van der Waals surface area contributed by atoms with E-state index in [2.05, 4.69) is 15.2 Å². The normalized spacial score (nSPS) is 23.5. The molecular weight excluding hydrogens is 322 g/mol. The number of aromatic nitrogens is 3. The van der Waals surface area contributed by atoms with E-state index in [1.807, 2.05) is 24.5 Å². The van der Waals surface area contributed by atoms with E-state index in [0.29, 0.717) is 6.04 Å². The van der Waals surface area contributed by atoms with Gasteiger partial charge in [0, 0.05) is 54.4 Å². The van der Waals surface area contributed by atoms with E-state index in [0.717, 1.165) is 42.6 Å². The number of rotatable bonds is 4. The van der Waals surface area contributed by atoms with Gasteiger partial charge in [0.05, 0.1) is 0 Å². The first-order chi connectivity index (χ1) is 12.9. The van der Waals surface area contributed by atoms with Crippen molar-refractivity contribution in [2.24, 2.45) is 0 Å². The zero-order chi connectivity index (χ0) is 17.3. The molecule has 2 aromatic heterocycles. The van der Waals surface area contributed by atoms with Gasteiger partial charge in [-0.1, -0.05) is 12.8 Å². The standard InChI is InChI=1S/C21H27N5/c1-2-5-17(4-1)26-13-10-16(14-26)23-21-18-6-3-7-19(18)24-20(25-21)15-8-11-22-12-9-15/h8-9,11-12,16-17H,1-7,10,13-14H2,(H,23,24,25). The zero-order valence-electron chi connectivity index (χ0n) is 15.3. The molecule has 0 radical (unpaired) electrons. The smallest absolute Gasteiger partial charge is 0.161 e. The van der Waals surface area contributed by atoms with Crippen molar-refractivity contribution in [2.75, 3.05) is 18.4 Å². The molecule has 3 aliphatic rings. The van der Waals surface area contributed by atoms with Gasteiger partial charge in [-0.2, -0.15) is 0 Å². The molecule has 26 heavy (non-hydrogen) atoms. The molecule has 5 nitrogen and oxygen atoms in total. The highest BCUT2D eigenvalue weighted by atomic mass is 15.2. The Morgan fingerprint density at radius 2 is 1.81 bits per heavy atom. The van der Waals surface area contributed by atoms with Crippen LogP contribution in [-0.4, -0.2) is 45.0 Å². The highest BCUT2D eigenvalue weighted by Gasteiger charge is 2.31. The third kappa shape index (κ3) is 3.09. The summed E-state index contributed by atoms with van der Waals surface area (Å²) in [6.45, 7) is 2.39. The number of hydrogen-bond donors (Lipinski definition) is 1. The first-order valence-corrected chi connectivity index (χ1v) is 10.2. The Labute approximate surface area is 155 Å². The third-order valence-electron chi connectivity index (χ3n) is 6.27. The topological polar surface area (TPSA) is 53.9 Å². The molecule has 0 spiro atoms.